The first-order valence-corrected chi connectivity index (χ1v) is 12.5. The third kappa shape index (κ3) is 5.08. The maximum atomic E-state index is 13.5. The van der Waals surface area contributed by atoms with Crippen molar-refractivity contribution in [3.8, 4) is 5.75 Å². The molecule has 0 N–H and O–H groups in total. The van der Waals surface area contributed by atoms with Gasteiger partial charge >= 0.3 is 5.97 Å². The molecule has 0 bridgehead atoms. The van der Waals surface area contributed by atoms with Crippen LogP contribution in [0.3, 0.4) is 0 Å². The standard InChI is InChI=1S/C28H28N4O6/c1-3-37-28(35)22-16-21-25(29-23-8-4-5-13-31(23)27(21)34)32(17-20-7-6-14-38-20)26(22)30-24(33)15-18-9-11-19(36-2)12-10-18/h4-5,8-13,16,20H,3,6-7,14-15,17H2,1-2H3/t20-/m0/s1. The van der Waals surface area contributed by atoms with Crippen molar-refractivity contribution < 1.29 is 23.8 Å². The van der Waals surface area contributed by atoms with Crippen LogP contribution in [0.1, 0.15) is 35.7 Å². The number of ether oxygens (including phenoxy) is 3. The molecule has 0 spiro atoms. The lowest BCUT2D eigenvalue weighted by molar-refractivity contribution is -0.117. The monoisotopic (exact) mass is 516 g/mol. The van der Waals surface area contributed by atoms with E-state index in [0.29, 0.717) is 23.7 Å². The number of esters is 1. The Balaban J connectivity index is 1.74. The quantitative estimate of drug-likeness (QED) is 0.274. The lowest BCUT2D eigenvalue weighted by Crippen LogP contribution is -2.35. The topological polar surface area (TPSA) is 113 Å². The second kappa shape index (κ2) is 11.0. The van der Waals surface area contributed by atoms with E-state index in [1.54, 1.807) is 67.3 Å². The van der Waals surface area contributed by atoms with Crippen LogP contribution in [0.25, 0.3) is 16.7 Å². The molecule has 4 heterocycles. The summed E-state index contributed by atoms with van der Waals surface area (Å²) in [5.74, 6) is -0.459. The third-order valence-electron chi connectivity index (χ3n) is 6.44. The van der Waals surface area contributed by atoms with Gasteiger partial charge in [-0.05, 0) is 55.7 Å². The highest BCUT2D eigenvalue weighted by Gasteiger charge is 2.23. The second-order valence-corrected chi connectivity index (χ2v) is 8.96. The van der Waals surface area contributed by atoms with Crippen molar-refractivity contribution in [3.05, 3.63) is 81.7 Å². The van der Waals surface area contributed by atoms with Crippen LogP contribution in [0.5, 0.6) is 5.75 Å². The number of nitrogens with zero attached hydrogens (tertiary/aromatic N) is 4. The van der Waals surface area contributed by atoms with Gasteiger partial charge in [0.2, 0.25) is 0 Å². The molecule has 0 unspecified atom stereocenters. The molecule has 1 fully saturated rings. The number of hydrogen-bond acceptors (Lipinski definition) is 7. The fourth-order valence-electron chi connectivity index (χ4n) is 4.60. The fraction of sp³-hybridized carbons (Fsp3) is 0.321. The van der Waals surface area contributed by atoms with Crippen LogP contribution in [-0.2, 0) is 27.2 Å². The zero-order valence-electron chi connectivity index (χ0n) is 21.3. The number of methoxy groups -OCH3 is 1. The first-order chi connectivity index (χ1) is 18.5. The molecule has 1 amide bonds. The Bertz CT molecular complexity index is 1630. The predicted molar refractivity (Wildman–Crippen MR) is 139 cm³/mol. The Kier molecular flexibility index (Phi) is 7.32. The van der Waals surface area contributed by atoms with Gasteiger partial charge in [-0.1, -0.05) is 18.2 Å². The molecule has 3 aromatic heterocycles. The largest absolute Gasteiger partial charge is 0.497 e. The SMILES string of the molecule is CCOC(=O)c1cc2c(=O)n3ccccc3nc2n(C[C@@H]2CCCO2)c1=NC(=O)Cc1ccc(OC)cc1. The molecule has 10 nitrogen and oxygen atoms in total. The molecule has 5 rings (SSSR count). The first kappa shape index (κ1) is 25.3. The van der Waals surface area contributed by atoms with Crippen LogP contribution in [0.4, 0.5) is 0 Å². The number of aromatic nitrogens is 3. The van der Waals surface area contributed by atoms with E-state index in [1.165, 1.54) is 10.5 Å². The summed E-state index contributed by atoms with van der Waals surface area (Å²) < 4.78 is 19.4. The van der Waals surface area contributed by atoms with E-state index >= 15 is 0 Å². The molecule has 1 aromatic carbocycles. The fourth-order valence-corrected chi connectivity index (χ4v) is 4.60. The van der Waals surface area contributed by atoms with Crippen molar-refractivity contribution in [2.45, 2.75) is 38.8 Å². The summed E-state index contributed by atoms with van der Waals surface area (Å²) in [4.78, 5) is 48.9. The highest BCUT2D eigenvalue weighted by Crippen LogP contribution is 2.18. The Morgan fingerprint density at radius 2 is 2.00 bits per heavy atom. The summed E-state index contributed by atoms with van der Waals surface area (Å²) in [6, 6.07) is 13.8. The van der Waals surface area contributed by atoms with Crippen molar-refractivity contribution in [1.29, 1.82) is 0 Å². The van der Waals surface area contributed by atoms with Crippen LogP contribution < -0.4 is 15.8 Å². The van der Waals surface area contributed by atoms with Gasteiger partial charge in [-0.15, -0.1) is 0 Å². The molecule has 38 heavy (non-hydrogen) atoms. The van der Waals surface area contributed by atoms with E-state index in [1.807, 2.05) is 0 Å². The Labute approximate surface area is 218 Å². The molecule has 1 aliphatic heterocycles. The second-order valence-electron chi connectivity index (χ2n) is 8.96. The zero-order valence-corrected chi connectivity index (χ0v) is 21.3. The van der Waals surface area contributed by atoms with Gasteiger partial charge < -0.3 is 18.8 Å². The summed E-state index contributed by atoms with van der Waals surface area (Å²) in [7, 11) is 1.57. The van der Waals surface area contributed by atoms with E-state index in [2.05, 4.69) is 4.99 Å². The van der Waals surface area contributed by atoms with Gasteiger partial charge in [0, 0.05) is 12.8 Å². The predicted octanol–water partition coefficient (Wildman–Crippen LogP) is 2.68. The number of carbonyl (C=O) groups is 2. The molecular weight excluding hydrogens is 488 g/mol. The molecule has 4 aromatic rings. The first-order valence-electron chi connectivity index (χ1n) is 12.5. The maximum Gasteiger partial charge on any atom is 0.341 e. The van der Waals surface area contributed by atoms with Crippen molar-refractivity contribution >= 4 is 28.6 Å². The summed E-state index contributed by atoms with van der Waals surface area (Å²) >= 11 is 0. The number of amides is 1. The van der Waals surface area contributed by atoms with Crippen LogP contribution in [0.2, 0.25) is 0 Å². The summed E-state index contributed by atoms with van der Waals surface area (Å²) in [5, 5.41) is 0.219. The number of hydrogen-bond donors (Lipinski definition) is 0. The minimum atomic E-state index is -0.677. The highest BCUT2D eigenvalue weighted by atomic mass is 16.5. The molecule has 0 radical (unpaired) electrons. The molecule has 0 aliphatic carbocycles. The zero-order chi connectivity index (χ0) is 26.6. The van der Waals surface area contributed by atoms with E-state index < -0.39 is 11.9 Å². The van der Waals surface area contributed by atoms with Crippen molar-refractivity contribution in [2.24, 2.45) is 4.99 Å². The van der Waals surface area contributed by atoms with Crippen LogP contribution in [0.15, 0.2) is 64.5 Å². The minimum absolute atomic E-state index is 0.0119. The van der Waals surface area contributed by atoms with Crippen LogP contribution in [0, 0.1) is 0 Å². The van der Waals surface area contributed by atoms with Crippen molar-refractivity contribution in [2.75, 3.05) is 20.3 Å². The molecule has 10 heteroatoms. The normalized spacial score (nSPS) is 15.7. The van der Waals surface area contributed by atoms with Gasteiger partial charge in [-0.3, -0.25) is 14.0 Å². The highest BCUT2D eigenvalue weighted by molar-refractivity contribution is 5.93. The van der Waals surface area contributed by atoms with Gasteiger partial charge in [0.15, 0.2) is 5.49 Å². The number of carbonyl (C=O) groups excluding carboxylic acids is 2. The van der Waals surface area contributed by atoms with E-state index in [4.69, 9.17) is 19.2 Å². The van der Waals surface area contributed by atoms with E-state index in [9.17, 15) is 14.4 Å². The van der Waals surface area contributed by atoms with E-state index in [-0.39, 0.29) is 47.7 Å². The smallest absolute Gasteiger partial charge is 0.341 e. The molecule has 196 valence electrons. The Morgan fingerprint density at radius 1 is 1.18 bits per heavy atom. The summed E-state index contributed by atoms with van der Waals surface area (Å²) in [6.07, 6.45) is 3.14. The molecule has 1 saturated heterocycles. The third-order valence-corrected chi connectivity index (χ3v) is 6.44. The Morgan fingerprint density at radius 3 is 2.71 bits per heavy atom. The van der Waals surface area contributed by atoms with Gasteiger partial charge in [0.05, 0.1) is 38.2 Å². The average molecular weight is 517 g/mol. The minimum Gasteiger partial charge on any atom is -0.497 e. The van der Waals surface area contributed by atoms with Crippen LogP contribution >= 0.6 is 0 Å². The van der Waals surface area contributed by atoms with Gasteiger partial charge in [-0.25, -0.2) is 9.78 Å². The van der Waals surface area contributed by atoms with Gasteiger partial charge in [0.1, 0.15) is 22.6 Å². The molecule has 1 atom stereocenters. The maximum absolute atomic E-state index is 13.5. The summed E-state index contributed by atoms with van der Waals surface area (Å²) in [6.45, 7) is 2.70. The number of rotatable bonds is 7. The van der Waals surface area contributed by atoms with Gasteiger partial charge in [-0.2, -0.15) is 4.99 Å². The average Bonchev–Trinajstić information content (AvgIpc) is 3.44. The van der Waals surface area contributed by atoms with Crippen molar-refractivity contribution in [1.82, 2.24) is 14.0 Å². The number of pyridine rings is 2. The van der Waals surface area contributed by atoms with E-state index in [0.717, 1.165) is 18.4 Å². The van der Waals surface area contributed by atoms with Crippen LogP contribution in [-0.4, -0.2) is 52.3 Å². The molecule has 1 aliphatic rings. The Hall–Kier alpha value is -4.31. The lowest BCUT2D eigenvalue weighted by atomic mass is 10.1. The molecular formula is C28H28N4O6. The number of fused-ring (bicyclic) bond motifs is 2. The van der Waals surface area contributed by atoms with Crippen molar-refractivity contribution in [3.63, 3.8) is 0 Å². The number of benzene rings is 1. The molecule has 0 saturated carbocycles. The summed E-state index contributed by atoms with van der Waals surface area (Å²) in [5.41, 5.74) is 1.28. The lowest BCUT2D eigenvalue weighted by Gasteiger charge is -2.18. The van der Waals surface area contributed by atoms with Gasteiger partial charge in [0.25, 0.3) is 11.5 Å².